The lowest BCUT2D eigenvalue weighted by Gasteiger charge is -2.22. The lowest BCUT2D eigenvalue weighted by Crippen LogP contribution is -2.23. The number of Topliss-reactive ketones (excluding diaryl/α,β-unsaturated/α-hetero) is 1. The maximum absolute atomic E-state index is 12.3. The van der Waals surface area contributed by atoms with Gasteiger partial charge in [0.1, 0.15) is 5.78 Å². The van der Waals surface area contributed by atoms with Crippen molar-refractivity contribution >= 4 is 35.0 Å². The fourth-order valence-corrected chi connectivity index (χ4v) is 5.15. The molecule has 1 aliphatic carbocycles. The van der Waals surface area contributed by atoms with Gasteiger partial charge in [0.2, 0.25) is 5.88 Å². The van der Waals surface area contributed by atoms with Crippen LogP contribution in [0.25, 0.3) is 0 Å². The number of aromatic nitrogens is 1. The van der Waals surface area contributed by atoms with E-state index in [9.17, 15) is 14.7 Å². The van der Waals surface area contributed by atoms with Gasteiger partial charge in [-0.05, 0) is 51.9 Å². The van der Waals surface area contributed by atoms with Crippen LogP contribution in [-0.2, 0) is 4.79 Å². The summed E-state index contributed by atoms with van der Waals surface area (Å²) in [6.45, 7) is 7.68. The SMILES string of the molecule is C=C(C)CCC(C)(O)C/C=C/[C@H]1CCC(=O)[C@@H]1CCSc1nc(OC(=O)O)cs1. The van der Waals surface area contributed by atoms with E-state index < -0.39 is 11.8 Å². The molecular formula is C21H29NO5S2. The lowest BCUT2D eigenvalue weighted by atomic mass is 9.90. The van der Waals surface area contributed by atoms with Crippen molar-refractivity contribution in [3.8, 4) is 5.88 Å². The summed E-state index contributed by atoms with van der Waals surface area (Å²) >= 11 is 2.84. The standard InChI is InChI=1S/C21H29NO5S2/c1-14(2)8-11-21(3,26)10-4-5-15-6-7-17(23)16(15)9-12-28-19-22-18(13-29-19)27-20(24)25/h4-5,13,15-16,26H,1,6-12H2,2-3H3,(H,24,25)/b5-4+/t15-,16+,21?/m0/s1. The van der Waals surface area contributed by atoms with Crippen LogP contribution < -0.4 is 4.74 Å². The highest BCUT2D eigenvalue weighted by molar-refractivity contribution is 8.01. The Morgan fingerprint density at radius 3 is 3.00 bits per heavy atom. The molecule has 6 nitrogen and oxygen atoms in total. The summed E-state index contributed by atoms with van der Waals surface area (Å²) in [6.07, 6.45) is 6.98. The third-order valence-corrected chi connectivity index (χ3v) is 7.03. The van der Waals surface area contributed by atoms with Gasteiger partial charge in [0.15, 0.2) is 4.34 Å². The fraction of sp³-hybridized carbons (Fsp3) is 0.571. The number of aliphatic hydroxyl groups is 1. The molecule has 1 unspecified atom stereocenters. The van der Waals surface area contributed by atoms with Crippen molar-refractivity contribution in [2.45, 2.75) is 62.3 Å². The fourth-order valence-electron chi connectivity index (χ4n) is 3.34. The Balaban J connectivity index is 1.81. The molecule has 0 bridgehead atoms. The molecule has 29 heavy (non-hydrogen) atoms. The summed E-state index contributed by atoms with van der Waals surface area (Å²) in [5.74, 6) is 1.32. The van der Waals surface area contributed by atoms with E-state index in [1.807, 2.05) is 19.9 Å². The number of ether oxygens (including phenoxy) is 1. The Hall–Kier alpha value is -1.64. The van der Waals surface area contributed by atoms with Crippen molar-refractivity contribution in [2.75, 3.05) is 5.75 Å². The maximum Gasteiger partial charge on any atom is 0.512 e. The molecule has 0 aromatic carbocycles. The first kappa shape index (κ1) is 23.6. The van der Waals surface area contributed by atoms with Crippen molar-refractivity contribution in [2.24, 2.45) is 11.8 Å². The number of thioether (sulfide) groups is 1. The van der Waals surface area contributed by atoms with E-state index in [1.165, 1.54) is 23.1 Å². The number of nitrogens with zero attached hydrogens (tertiary/aromatic N) is 1. The zero-order valence-corrected chi connectivity index (χ0v) is 18.6. The van der Waals surface area contributed by atoms with Gasteiger partial charge in [-0.2, -0.15) is 4.98 Å². The van der Waals surface area contributed by atoms with Crippen molar-refractivity contribution in [3.05, 3.63) is 29.7 Å². The van der Waals surface area contributed by atoms with Gasteiger partial charge < -0.3 is 14.9 Å². The number of allylic oxidation sites excluding steroid dienone is 2. The second-order valence-electron chi connectivity index (χ2n) is 7.82. The van der Waals surface area contributed by atoms with Gasteiger partial charge in [-0.25, -0.2) is 4.79 Å². The molecular weight excluding hydrogens is 410 g/mol. The Morgan fingerprint density at radius 2 is 2.31 bits per heavy atom. The number of thiazole rings is 1. The maximum atomic E-state index is 12.3. The van der Waals surface area contributed by atoms with E-state index >= 15 is 0 Å². The first-order chi connectivity index (χ1) is 13.7. The number of ketones is 1. The predicted molar refractivity (Wildman–Crippen MR) is 116 cm³/mol. The highest BCUT2D eigenvalue weighted by Gasteiger charge is 2.32. The van der Waals surface area contributed by atoms with Crippen LogP contribution in [0.15, 0.2) is 34.0 Å². The summed E-state index contributed by atoms with van der Waals surface area (Å²) in [7, 11) is 0. The molecule has 1 saturated carbocycles. The lowest BCUT2D eigenvalue weighted by molar-refractivity contribution is -0.121. The normalized spacial score (nSPS) is 21.4. The molecule has 160 valence electrons. The Kier molecular flexibility index (Phi) is 8.92. The monoisotopic (exact) mass is 439 g/mol. The molecule has 2 N–H and O–H groups in total. The number of rotatable bonds is 11. The molecule has 3 atom stereocenters. The predicted octanol–water partition coefficient (Wildman–Crippen LogP) is 5.33. The Labute approximate surface area is 180 Å². The van der Waals surface area contributed by atoms with Crippen LogP contribution in [0.1, 0.15) is 52.4 Å². The van der Waals surface area contributed by atoms with E-state index in [-0.39, 0.29) is 17.7 Å². The third kappa shape index (κ3) is 8.32. The smallest absolute Gasteiger partial charge is 0.449 e. The van der Waals surface area contributed by atoms with Gasteiger partial charge in [0, 0.05) is 18.1 Å². The van der Waals surface area contributed by atoms with Gasteiger partial charge in [0.05, 0.1) is 11.0 Å². The summed E-state index contributed by atoms with van der Waals surface area (Å²) < 4.78 is 5.25. The summed E-state index contributed by atoms with van der Waals surface area (Å²) in [4.78, 5) is 26.9. The van der Waals surface area contributed by atoms with Crippen LogP contribution in [-0.4, -0.2) is 38.5 Å². The molecule has 0 aliphatic heterocycles. The zero-order valence-electron chi connectivity index (χ0n) is 16.9. The molecule has 0 radical (unpaired) electrons. The van der Waals surface area contributed by atoms with Crippen molar-refractivity contribution in [1.29, 1.82) is 0 Å². The van der Waals surface area contributed by atoms with Gasteiger partial charge in [-0.1, -0.05) is 29.5 Å². The molecule has 1 aromatic rings. The minimum atomic E-state index is -1.38. The first-order valence-electron chi connectivity index (χ1n) is 9.71. The van der Waals surface area contributed by atoms with Crippen LogP contribution in [0.3, 0.4) is 0 Å². The number of carboxylic acid groups (broad SMARTS) is 1. The van der Waals surface area contributed by atoms with E-state index in [0.717, 1.165) is 34.9 Å². The molecule has 1 aromatic heterocycles. The summed E-state index contributed by atoms with van der Waals surface area (Å²) in [5.41, 5.74) is 0.305. The number of hydrogen-bond acceptors (Lipinski definition) is 7. The molecule has 2 rings (SSSR count). The van der Waals surface area contributed by atoms with Crippen LogP contribution in [0.5, 0.6) is 5.88 Å². The minimum absolute atomic E-state index is 0.00572. The van der Waals surface area contributed by atoms with Crippen LogP contribution >= 0.6 is 23.1 Å². The van der Waals surface area contributed by atoms with Crippen molar-refractivity contribution < 1.29 is 24.5 Å². The molecule has 1 fully saturated rings. The quantitative estimate of drug-likeness (QED) is 0.273. The van der Waals surface area contributed by atoms with E-state index in [1.54, 1.807) is 5.38 Å². The average Bonchev–Trinajstić information content (AvgIpc) is 3.20. The van der Waals surface area contributed by atoms with Gasteiger partial charge >= 0.3 is 6.16 Å². The van der Waals surface area contributed by atoms with Crippen LogP contribution in [0, 0.1) is 11.8 Å². The summed E-state index contributed by atoms with van der Waals surface area (Å²) in [6, 6.07) is 0. The highest BCUT2D eigenvalue weighted by Crippen LogP contribution is 2.35. The second kappa shape index (κ2) is 10.9. The van der Waals surface area contributed by atoms with Crippen LogP contribution in [0.4, 0.5) is 4.79 Å². The first-order valence-corrected chi connectivity index (χ1v) is 11.6. The topological polar surface area (TPSA) is 96.7 Å². The number of hydrogen-bond donors (Lipinski definition) is 2. The average molecular weight is 440 g/mol. The number of carbonyl (C=O) groups is 2. The largest absolute Gasteiger partial charge is 0.512 e. The molecule has 0 amide bonds. The minimum Gasteiger partial charge on any atom is -0.449 e. The van der Waals surface area contributed by atoms with Crippen molar-refractivity contribution in [3.63, 3.8) is 0 Å². The second-order valence-corrected chi connectivity index (χ2v) is 10.0. The van der Waals surface area contributed by atoms with Crippen LogP contribution in [0.2, 0.25) is 0 Å². The van der Waals surface area contributed by atoms with E-state index in [2.05, 4.69) is 22.4 Å². The molecule has 1 heterocycles. The zero-order chi connectivity index (χ0) is 21.4. The van der Waals surface area contributed by atoms with Crippen molar-refractivity contribution in [1.82, 2.24) is 4.98 Å². The van der Waals surface area contributed by atoms with E-state index in [4.69, 9.17) is 5.11 Å². The molecule has 1 aliphatic rings. The third-order valence-electron chi connectivity index (χ3n) is 4.99. The van der Waals surface area contributed by atoms with Gasteiger partial charge in [0.25, 0.3) is 0 Å². The summed E-state index contributed by atoms with van der Waals surface area (Å²) in [5, 5.41) is 20.6. The van der Waals surface area contributed by atoms with Gasteiger partial charge in [-0.3, -0.25) is 4.79 Å². The number of carbonyl (C=O) groups excluding carboxylic acids is 1. The molecule has 8 heteroatoms. The Bertz CT molecular complexity index is 756. The Morgan fingerprint density at radius 1 is 1.55 bits per heavy atom. The molecule has 0 spiro atoms. The highest BCUT2D eigenvalue weighted by atomic mass is 32.2. The molecule has 0 saturated heterocycles. The van der Waals surface area contributed by atoms with E-state index in [0.29, 0.717) is 25.0 Å². The van der Waals surface area contributed by atoms with Gasteiger partial charge in [-0.15, -0.1) is 17.9 Å².